The van der Waals surface area contributed by atoms with Crippen LogP contribution in [0, 0.1) is 10.1 Å². The van der Waals surface area contributed by atoms with E-state index in [2.05, 4.69) is 10.1 Å². The van der Waals surface area contributed by atoms with Gasteiger partial charge in [-0.1, -0.05) is 54.1 Å². The van der Waals surface area contributed by atoms with E-state index >= 15 is 0 Å². The van der Waals surface area contributed by atoms with Crippen LogP contribution >= 0.6 is 11.6 Å². The fourth-order valence-electron chi connectivity index (χ4n) is 3.31. The van der Waals surface area contributed by atoms with Crippen LogP contribution in [0.15, 0.2) is 76.6 Å². The summed E-state index contributed by atoms with van der Waals surface area (Å²) in [5.74, 6) is -1.43. The molecule has 11 heteroatoms. The van der Waals surface area contributed by atoms with Gasteiger partial charge in [0, 0.05) is 22.2 Å². The van der Waals surface area contributed by atoms with Gasteiger partial charge in [-0.3, -0.25) is 14.9 Å². The van der Waals surface area contributed by atoms with Gasteiger partial charge in [-0.15, -0.1) is 0 Å². The molecule has 1 heterocycles. The van der Waals surface area contributed by atoms with Crippen molar-refractivity contribution in [3.63, 3.8) is 0 Å². The maximum atomic E-state index is 13.3. The van der Waals surface area contributed by atoms with Crippen molar-refractivity contribution in [3.05, 3.63) is 97.8 Å². The zero-order valence-electron chi connectivity index (χ0n) is 18.2. The first kappa shape index (κ1) is 23.6. The number of carbonyl (C=O) groups is 1. The summed E-state index contributed by atoms with van der Waals surface area (Å²) in [6.45, 7) is 1.23. The maximum Gasteiger partial charge on any atom is 0.344 e. The number of fused-ring (bicyclic) bond motifs is 1. The molecule has 35 heavy (non-hydrogen) atoms. The number of hydrogen-bond acceptors (Lipinski definition) is 7. The summed E-state index contributed by atoms with van der Waals surface area (Å²) >= 11 is 6.06. The average molecular weight is 493 g/mol. The Morgan fingerprint density at radius 3 is 2.57 bits per heavy atom. The molecule has 0 amide bonds. The summed E-state index contributed by atoms with van der Waals surface area (Å²) in [6.07, 6.45) is -0.250. The highest BCUT2D eigenvalue weighted by Crippen LogP contribution is 2.34. The molecule has 0 aliphatic carbocycles. The molecule has 176 valence electrons. The van der Waals surface area contributed by atoms with Crippen molar-refractivity contribution in [2.24, 2.45) is 5.10 Å². The minimum absolute atomic E-state index is 0.000689. The molecular weight excluding hydrogens is 476 g/mol. The van der Waals surface area contributed by atoms with Crippen LogP contribution in [0.5, 0.6) is 5.75 Å². The zero-order chi connectivity index (χ0) is 25.1. The van der Waals surface area contributed by atoms with E-state index in [1.165, 1.54) is 13.0 Å². The Bertz CT molecular complexity index is 1530. The first-order valence-corrected chi connectivity index (χ1v) is 10.6. The fraction of sp³-hybridized carbons (Fsp3) is 0.0833. The lowest BCUT2D eigenvalue weighted by molar-refractivity contribution is -0.386. The van der Waals surface area contributed by atoms with Crippen LogP contribution in [0.1, 0.15) is 12.5 Å². The Hall–Kier alpha value is -4.57. The summed E-state index contributed by atoms with van der Waals surface area (Å²) in [5, 5.41) is 25.4. The molecule has 0 aliphatic heterocycles. The van der Waals surface area contributed by atoms with E-state index < -0.39 is 28.2 Å². The van der Waals surface area contributed by atoms with Crippen LogP contribution in [0.4, 0.5) is 5.69 Å². The summed E-state index contributed by atoms with van der Waals surface area (Å²) < 4.78 is 6.43. The summed E-state index contributed by atoms with van der Waals surface area (Å²) in [6, 6.07) is 18.0. The summed E-state index contributed by atoms with van der Waals surface area (Å²) in [7, 11) is 0. The molecule has 3 aromatic carbocycles. The van der Waals surface area contributed by atoms with E-state index in [1.807, 2.05) is 6.07 Å². The van der Waals surface area contributed by atoms with Gasteiger partial charge < -0.3 is 9.84 Å². The van der Waals surface area contributed by atoms with Gasteiger partial charge in [-0.25, -0.2) is 9.78 Å². The monoisotopic (exact) mass is 492 g/mol. The van der Waals surface area contributed by atoms with Crippen molar-refractivity contribution in [2.45, 2.75) is 13.0 Å². The van der Waals surface area contributed by atoms with Gasteiger partial charge in [-0.2, -0.15) is 9.78 Å². The molecule has 0 saturated heterocycles. The summed E-state index contributed by atoms with van der Waals surface area (Å²) in [4.78, 5) is 40.0. The molecule has 0 radical (unpaired) electrons. The highest BCUT2D eigenvalue weighted by molar-refractivity contribution is 6.31. The average Bonchev–Trinajstić information content (AvgIpc) is 2.84. The van der Waals surface area contributed by atoms with Gasteiger partial charge in [0.2, 0.25) is 5.75 Å². The number of rotatable bonds is 7. The summed E-state index contributed by atoms with van der Waals surface area (Å²) in [5.41, 5.74) is 0.0837. The highest BCUT2D eigenvalue weighted by atomic mass is 35.5. The highest BCUT2D eigenvalue weighted by Gasteiger charge is 2.25. The molecule has 4 rings (SSSR count). The number of aromatic nitrogens is 2. The number of carboxylic acids is 1. The molecular formula is C24H17ClN4O6. The molecule has 0 spiro atoms. The largest absolute Gasteiger partial charge is 0.479 e. The number of carboxylic acid groups (broad SMARTS) is 1. The Kier molecular flexibility index (Phi) is 6.56. The van der Waals surface area contributed by atoms with Crippen molar-refractivity contribution in [1.82, 2.24) is 9.66 Å². The molecule has 0 saturated carbocycles. The topological polar surface area (TPSA) is 137 Å². The second-order valence-corrected chi connectivity index (χ2v) is 7.82. The van der Waals surface area contributed by atoms with E-state index in [0.717, 1.165) is 17.0 Å². The Balaban J connectivity index is 1.93. The number of aliphatic carboxylic acids is 1. The zero-order valence-corrected chi connectivity index (χ0v) is 18.9. The van der Waals surface area contributed by atoms with Gasteiger partial charge in [0.1, 0.15) is 0 Å². The van der Waals surface area contributed by atoms with Gasteiger partial charge in [0.05, 0.1) is 22.0 Å². The Labute approximate surface area is 202 Å². The minimum atomic E-state index is -1.40. The molecule has 0 unspecified atom stereocenters. The van der Waals surface area contributed by atoms with Gasteiger partial charge >= 0.3 is 11.7 Å². The maximum absolute atomic E-state index is 13.3. The van der Waals surface area contributed by atoms with Crippen molar-refractivity contribution < 1.29 is 19.6 Å². The van der Waals surface area contributed by atoms with Gasteiger partial charge in [-0.05, 0) is 25.1 Å². The molecule has 1 atom stereocenters. The lowest BCUT2D eigenvalue weighted by atomic mass is 10.1. The van der Waals surface area contributed by atoms with Crippen molar-refractivity contribution in [3.8, 4) is 17.1 Å². The van der Waals surface area contributed by atoms with Crippen molar-refractivity contribution in [2.75, 3.05) is 0 Å². The third-order valence-electron chi connectivity index (χ3n) is 5.00. The number of para-hydroxylation sites is 1. The molecule has 0 fully saturated rings. The van der Waals surface area contributed by atoms with Crippen LogP contribution in [-0.4, -0.2) is 38.0 Å². The SMILES string of the molecule is C[C@@H](Oc1c(C=Nn2c(-c3ccccc3)nc3ccccc3c2=O)cc(Cl)cc1[N+](=O)[O-])C(=O)O. The number of ether oxygens (including phenoxy) is 1. The number of halogens is 1. The van der Waals surface area contributed by atoms with Crippen LogP contribution in [-0.2, 0) is 4.79 Å². The Morgan fingerprint density at radius 1 is 1.20 bits per heavy atom. The van der Waals surface area contributed by atoms with Crippen molar-refractivity contribution in [1.29, 1.82) is 0 Å². The number of hydrogen-bond donors (Lipinski definition) is 1. The van der Waals surface area contributed by atoms with E-state index in [1.54, 1.807) is 48.5 Å². The van der Waals surface area contributed by atoms with Crippen LogP contribution in [0.3, 0.4) is 0 Å². The minimum Gasteiger partial charge on any atom is -0.479 e. The van der Waals surface area contributed by atoms with E-state index in [4.69, 9.17) is 16.3 Å². The number of nitrogens with zero attached hydrogens (tertiary/aromatic N) is 4. The quantitative estimate of drug-likeness (QED) is 0.230. The predicted molar refractivity (Wildman–Crippen MR) is 130 cm³/mol. The van der Waals surface area contributed by atoms with Crippen LogP contribution in [0.25, 0.3) is 22.3 Å². The third-order valence-corrected chi connectivity index (χ3v) is 5.22. The lowest BCUT2D eigenvalue weighted by Gasteiger charge is -2.13. The van der Waals surface area contributed by atoms with E-state index in [-0.39, 0.29) is 22.2 Å². The molecule has 4 aromatic rings. The normalized spacial score (nSPS) is 12.1. The standard InChI is InChI=1S/C24H17ClN4O6/c1-14(24(31)32)35-21-16(11-17(25)12-20(21)29(33)34)13-26-28-22(15-7-3-2-4-8-15)27-19-10-6-5-9-18(19)23(28)30/h2-14H,1H3,(H,31,32)/t14-/m1/s1. The van der Waals surface area contributed by atoms with Gasteiger partial charge in [0.15, 0.2) is 11.9 Å². The molecule has 1 aromatic heterocycles. The van der Waals surface area contributed by atoms with Gasteiger partial charge in [0.25, 0.3) is 5.56 Å². The number of nitro groups is 1. The number of benzene rings is 3. The molecule has 0 bridgehead atoms. The predicted octanol–water partition coefficient (Wildman–Crippen LogP) is 4.36. The fourth-order valence-corrected chi connectivity index (χ4v) is 3.53. The third kappa shape index (κ3) is 4.87. The molecule has 10 nitrogen and oxygen atoms in total. The molecule has 0 aliphatic rings. The lowest BCUT2D eigenvalue weighted by Crippen LogP contribution is -2.24. The van der Waals surface area contributed by atoms with E-state index in [0.29, 0.717) is 16.5 Å². The van der Waals surface area contributed by atoms with E-state index in [9.17, 15) is 24.8 Å². The Morgan fingerprint density at radius 2 is 1.89 bits per heavy atom. The van der Waals surface area contributed by atoms with Crippen LogP contribution < -0.4 is 10.3 Å². The van der Waals surface area contributed by atoms with Crippen molar-refractivity contribution >= 4 is 40.4 Å². The van der Waals surface area contributed by atoms with Crippen LogP contribution in [0.2, 0.25) is 5.02 Å². The first-order chi connectivity index (χ1) is 16.8. The molecule has 1 N–H and O–H groups in total. The second kappa shape index (κ2) is 9.74. The number of nitro benzene ring substituents is 1. The second-order valence-electron chi connectivity index (χ2n) is 7.38. The first-order valence-electron chi connectivity index (χ1n) is 10.2. The smallest absolute Gasteiger partial charge is 0.344 e.